The van der Waals surface area contributed by atoms with E-state index in [1.807, 2.05) is 23.5 Å². The summed E-state index contributed by atoms with van der Waals surface area (Å²) in [5.41, 5.74) is 2.68. The van der Waals surface area contributed by atoms with Crippen LogP contribution in [0.3, 0.4) is 0 Å². The second kappa shape index (κ2) is 6.71. The topological polar surface area (TPSA) is 12.0 Å². The summed E-state index contributed by atoms with van der Waals surface area (Å²) in [6, 6.07) is 8.11. The van der Waals surface area contributed by atoms with Gasteiger partial charge in [0, 0.05) is 27.5 Å². The molecule has 18 heavy (non-hydrogen) atoms. The maximum atomic E-state index is 5.92. The Morgan fingerprint density at radius 1 is 1.22 bits per heavy atom. The molecule has 0 bridgehead atoms. The maximum absolute atomic E-state index is 5.92. The second-order valence-electron chi connectivity index (χ2n) is 4.06. The van der Waals surface area contributed by atoms with Gasteiger partial charge in [0.15, 0.2) is 0 Å². The zero-order valence-electron chi connectivity index (χ0n) is 10.2. The molecule has 0 atom stereocenters. The number of thiophene rings is 1. The molecule has 0 aliphatic heterocycles. The zero-order valence-corrected chi connectivity index (χ0v) is 13.3. The van der Waals surface area contributed by atoms with E-state index >= 15 is 0 Å². The van der Waals surface area contributed by atoms with Crippen LogP contribution in [0.2, 0.25) is 5.02 Å². The van der Waals surface area contributed by atoms with Gasteiger partial charge in [0.2, 0.25) is 0 Å². The molecule has 0 amide bonds. The number of halogens is 2. The Bertz CT molecular complexity index is 524. The van der Waals surface area contributed by atoms with Crippen LogP contribution in [0, 0.1) is 0 Å². The highest BCUT2D eigenvalue weighted by atomic mass is 79.9. The normalized spacial score (nSPS) is 10.8. The van der Waals surface area contributed by atoms with E-state index in [2.05, 4.69) is 45.7 Å². The van der Waals surface area contributed by atoms with Gasteiger partial charge in [0.25, 0.3) is 0 Å². The average Bonchev–Trinajstić information content (AvgIpc) is 2.79. The Hall–Kier alpha value is -0.350. The first-order valence-electron chi connectivity index (χ1n) is 5.90. The largest absolute Gasteiger partial charge is 0.308 e. The number of rotatable bonds is 5. The fourth-order valence-electron chi connectivity index (χ4n) is 1.81. The molecule has 1 N–H and O–H groups in total. The molecule has 0 radical (unpaired) electrons. The molecule has 4 heteroatoms. The summed E-state index contributed by atoms with van der Waals surface area (Å²) in [5, 5.41) is 6.40. The number of hydrogen-bond donors (Lipinski definition) is 1. The molecular weight excluding hydrogens is 330 g/mol. The van der Waals surface area contributed by atoms with E-state index in [1.54, 1.807) is 0 Å². The van der Waals surface area contributed by atoms with Crippen LogP contribution in [0.15, 0.2) is 34.1 Å². The summed E-state index contributed by atoms with van der Waals surface area (Å²) in [5.74, 6) is 0. The Morgan fingerprint density at radius 3 is 2.78 bits per heavy atom. The van der Waals surface area contributed by atoms with Gasteiger partial charge < -0.3 is 5.32 Å². The third kappa shape index (κ3) is 3.58. The molecule has 0 fully saturated rings. The molecular formula is C14H15BrClNS. The minimum absolute atomic E-state index is 0.761. The molecule has 96 valence electrons. The van der Waals surface area contributed by atoms with Gasteiger partial charge in [-0.3, -0.25) is 0 Å². The van der Waals surface area contributed by atoms with E-state index in [0.717, 1.165) is 29.0 Å². The van der Waals surface area contributed by atoms with Crippen LogP contribution >= 0.6 is 38.9 Å². The molecule has 1 heterocycles. The highest BCUT2D eigenvalue weighted by Crippen LogP contribution is 2.22. The SMILES string of the molecule is CCc1ccsc1CNCc1ccc(Cl)cc1Br. The van der Waals surface area contributed by atoms with E-state index in [1.165, 1.54) is 16.0 Å². The van der Waals surface area contributed by atoms with Crippen molar-refractivity contribution in [2.24, 2.45) is 0 Å². The van der Waals surface area contributed by atoms with Crippen molar-refractivity contribution >= 4 is 38.9 Å². The predicted molar refractivity (Wildman–Crippen MR) is 83.4 cm³/mol. The van der Waals surface area contributed by atoms with Crippen LogP contribution in [-0.4, -0.2) is 0 Å². The fraction of sp³-hybridized carbons (Fsp3) is 0.286. The summed E-state index contributed by atoms with van der Waals surface area (Å²) in [7, 11) is 0. The van der Waals surface area contributed by atoms with Gasteiger partial charge in [0.05, 0.1) is 0 Å². The predicted octanol–water partition coefficient (Wildman–Crippen LogP) is 5.02. The molecule has 0 unspecified atom stereocenters. The number of nitrogens with one attached hydrogen (secondary N) is 1. The van der Waals surface area contributed by atoms with Gasteiger partial charge in [-0.1, -0.05) is 40.5 Å². The lowest BCUT2D eigenvalue weighted by Gasteiger charge is -2.07. The van der Waals surface area contributed by atoms with Gasteiger partial charge in [-0.2, -0.15) is 0 Å². The van der Waals surface area contributed by atoms with Crippen molar-refractivity contribution in [3.8, 4) is 0 Å². The van der Waals surface area contributed by atoms with Gasteiger partial charge in [-0.05, 0) is 41.1 Å². The van der Waals surface area contributed by atoms with Crippen molar-refractivity contribution in [3.63, 3.8) is 0 Å². The number of hydrogen-bond acceptors (Lipinski definition) is 2. The van der Waals surface area contributed by atoms with Crippen molar-refractivity contribution in [1.29, 1.82) is 0 Å². The van der Waals surface area contributed by atoms with Crippen LogP contribution in [0.1, 0.15) is 22.9 Å². The monoisotopic (exact) mass is 343 g/mol. The minimum atomic E-state index is 0.761. The first-order chi connectivity index (χ1) is 8.70. The van der Waals surface area contributed by atoms with Crippen molar-refractivity contribution < 1.29 is 0 Å². The van der Waals surface area contributed by atoms with E-state index in [9.17, 15) is 0 Å². The second-order valence-corrected chi connectivity index (χ2v) is 6.35. The first kappa shape index (κ1) is 14.1. The summed E-state index contributed by atoms with van der Waals surface area (Å²) in [4.78, 5) is 1.43. The lowest BCUT2D eigenvalue weighted by Crippen LogP contribution is -2.13. The average molecular weight is 345 g/mol. The Morgan fingerprint density at radius 2 is 2.06 bits per heavy atom. The molecule has 1 aromatic heterocycles. The molecule has 0 spiro atoms. The standard InChI is InChI=1S/C14H15BrClNS/c1-2-10-5-6-18-14(10)9-17-8-11-3-4-12(16)7-13(11)15/h3-7,17H,2,8-9H2,1H3. The van der Waals surface area contributed by atoms with Crippen molar-refractivity contribution in [2.45, 2.75) is 26.4 Å². The third-order valence-corrected chi connectivity index (χ3v) is 4.77. The molecule has 0 saturated heterocycles. The Kier molecular flexibility index (Phi) is 5.25. The zero-order chi connectivity index (χ0) is 13.0. The first-order valence-corrected chi connectivity index (χ1v) is 7.95. The van der Waals surface area contributed by atoms with Crippen molar-refractivity contribution in [2.75, 3.05) is 0 Å². The fourth-order valence-corrected chi connectivity index (χ4v) is 3.58. The highest BCUT2D eigenvalue weighted by Gasteiger charge is 2.03. The number of benzene rings is 1. The Balaban J connectivity index is 1.92. The maximum Gasteiger partial charge on any atom is 0.0417 e. The van der Waals surface area contributed by atoms with E-state index in [0.29, 0.717) is 0 Å². The van der Waals surface area contributed by atoms with Gasteiger partial charge >= 0.3 is 0 Å². The van der Waals surface area contributed by atoms with Crippen molar-refractivity contribution in [3.05, 3.63) is 55.1 Å². The molecule has 2 aromatic rings. The molecule has 0 saturated carbocycles. The highest BCUT2D eigenvalue weighted by molar-refractivity contribution is 9.10. The quantitative estimate of drug-likeness (QED) is 0.803. The molecule has 1 nitrogen and oxygen atoms in total. The summed E-state index contributed by atoms with van der Waals surface area (Å²) >= 11 is 11.3. The smallest absolute Gasteiger partial charge is 0.0417 e. The number of aryl methyl sites for hydroxylation is 1. The van der Waals surface area contributed by atoms with Crippen LogP contribution in [-0.2, 0) is 19.5 Å². The summed E-state index contributed by atoms with van der Waals surface area (Å²) in [6.45, 7) is 3.97. The van der Waals surface area contributed by atoms with E-state index < -0.39 is 0 Å². The summed E-state index contributed by atoms with van der Waals surface area (Å²) < 4.78 is 1.06. The van der Waals surface area contributed by atoms with E-state index in [4.69, 9.17) is 11.6 Å². The van der Waals surface area contributed by atoms with Crippen LogP contribution in [0.5, 0.6) is 0 Å². The van der Waals surface area contributed by atoms with Crippen LogP contribution < -0.4 is 5.32 Å². The van der Waals surface area contributed by atoms with E-state index in [-0.39, 0.29) is 0 Å². The molecule has 2 rings (SSSR count). The molecule has 0 aliphatic rings. The van der Waals surface area contributed by atoms with Crippen LogP contribution in [0.4, 0.5) is 0 Å². The van der Waals surface area contributed by atoms with Gasteiger partial charge in [0.1, 0.15) is 0 Å². The van der Waals surface area contributed by atoms with Gasteiger partial charge in [-0.15, -0.1) is 11.3 Å². The minimum Gasteiger partial charge on any atom is -0.308 e. The van der Waals surface area contributed by atoms with Crippen molar-refractivity contribution in [1.82, 2.24) is 5.32 Å². The molecule has 1 aromatic carbocycles. The van der Waals surface area contributed by atoms with Crippen LogP contribution in [0.25, 0.3) is 0 Å². The van der Waals surface area contributed by atoms with Gasteiger partial charge in [-0.25, -0.2) is 0 Å². The third-order valence-electron chi connectivity index (χ3n) is 2.83. The molecule has 0 aliphatic carbocycles. The summed E-state index contributed by atoms with van der Waals surface area (Å²) in [6.07, 6.45) is 1.10. The lowest BCUT2D eigenvalue weighted by atomic mass is 10.2. The lowest BCUT2D eigenvalue weighted by molar-refractivity contribution is 0.695. The Labute approximate surface area is 125 Å².